The van der Waals surface area contributed by atoms with E-state index in [1.54, 1.807) is 0 Å². The Hall–Kier alpha value is -1.61. The van der Waals surface area contributed by atoms with Crippen LogP contribution in [0, 0.1) is 0 Å². The summed E-state index contributed by atoms with van der Waals surface area (Å²) in [5.74, 6) is 1.04. The minimum absolute atomic E-state index is 0.890. The predicted molar refractivity (Wildman–Crippen MR) is 66.1 cm³/mol. The quantitative estimate of drug-likeness (QED) is 0.848. The summed E-state index contributed by atoms with van der Waals surface area (Å²) in [6.45, 7) is 3.97. The molecule has 0 fully saturated rings. The molecule has 84 valence electrons. The molecule has 3 nitrogen and oxygen atoms in total. The predicted octanol–water partition coefficient (Wildman–Crippen LogP) is 2.29. The van der Waals surface area contributed by atoms with Crippen LogP contribution in [0.5, 0.6) is 0 Å². The molecule has 1 aromatic heterocycles. The Morgan fingerprint density at radius 2 is 2.25 bits per heavy atom. The average molecular weight is 215 g/mol. The van der Waals surface area contributed by atoms with Gasteiger partial charge >= 0.3 is 0 Å². The lowest BCUT2D eigenvalue weighted by Gasteiger charge is -2.06. The molecule has 1 heterocycles. The van der Waals surface area contributed by atoms with Crippen molar-refractivity contribution < 1.29 is 0 Å². The zero-order valence-electron chi connectivity index (χ0n) is 9.77. The van der Waals surface area contributed by atoms with Gasteiger partial charge in [-0.25, -0.2) is 4.98 Å². The molecule has 16 heavy (non-hydrogen) atoms. The monoisotopic (exact) mass is 215 g/mol. The number of rotatable bonds is 4. The summed E-state index contributed by atoms with van der Waals surface area (Å²) in [6.07, 6.45) is 3.86. The molecule has 0 aliphatic rings. The molecule has 0 atom stereocenters. The standard InChI is InChI=1S/C13H17N3/c1-3-16-8-7-15-13(16)12-6-4-5-11(9-12)10-14-2/h4-9,14H,3,10H2,1-2H3. The fourth-order valence-electron chi connectivity index (χ4n) is 1.85. The Bertz CT molecular complexity index is 460. The van der Waals surface area contributed by atoms with Crippen LogP contribution >= 0.6 is 0 Å². The average Bonchev–Trinajstić information content (AvgIpc) is 2.78. The highest BCUT2D eigenvalue weighted by molar-refractivity contribution is 5.56. The van der Waals surface area contributed by atoms with Crippen molar-refractivity contribution in [3.8, 4) is 11.4 Å². The fraction of sp³-hybridized carbons (Fsp3) is 0.308. The van der Waals surface area contributed by atoms with Crippen molar-refractivity contribution in [2.45, 2.75) is 20.0 Å². The lowest BCUT2D eigenvalue weighted by molar-refractivity contribution is 0.770. The van der Waals surface area contributed by atoms with Crippen LogP contribution in [0.15, 0.2) is 36.7 Å². The SMILES string of the molecule is CCn1ccnc1-c1cccc(CNC)c1. The smallest absolute Gasteiger partial charge is 0.139 e. The Kier molecular flexibility index (Phi) is 3.37. The van der Waals surface area contributed by atoms with Gasteiger partial charge in [0.25, 0.3) is 0 Å². The number of hydrogen-bond acceptors (Lipinski definition) is 2. The molecule has 0 saturated carbocycles. The van der Waals surface area contributed by atoms with E-state index in [-0.39, 0.29) is 0 Å². The van der Waals surface area contributed by atoms with Crippen molar-refractivity contribution in [1.29, 1.82) is 0 Å². The van der Waals surface area contributed by atoms with Gasteiger partial charge in [0.1, 0.15) is 5.82 Å². The lowest BCUT2D eigenvalue weighted by atomic mass is 10.1. The van der Waals surface area contributed by atoms with Crippen molar-refractivity contribution in [2.75, 3.05) is 7.05 Å². The number of hydrogen-bond donors (Lipinski definition) is 1. The number of benzene rings is 1. The van der Waals surface area contributed by atoms with Crippen molar-refractivity contribution >= 4 is 0 Å². The van der Waals surface area contributed by atoms with E-state index in [1.807, 2.05) is 19.4 Å². The van der Waals surface area contributed by atoms with E-state index in [0.29, 0.717) is 0 Å². The number of nitrogens with zero attached hydrogens (tertiary/aromatic N) is 2. The van der Waals surface area contributed by atoms with Crippen LogP contribution in [0.4, 0.5) is 0 Å². The summed E-state index contributed by atoms with van der Waals surface area (Å²) in [5.41, 5.74) is 2.46. The second kappa shape index (κ2) is 4.94. The summed E-state index contributed by atoms with van der Waals surface area (Å²) >= 11 is 0. The highest BCUT2D eigenvalue weighted by Crippen LogP contribution is 2.18. The van der Waals surface area contributed by atoms with E-state index in [9.17, 15) is 0 Å². The van der Waals surface area contributed by atoms with Gasteiger partial charge in [0.15, 0.2) is 0 Å². The first-order valence-electron chi connectivity index (χ1n) is 5.60. The Balaban J connectivity index is 2.36. The first-order chi connectivity index (χ1) is 7.85. The highest BCUT2D eigenvalue weighted by Gasteiger charge is 2.04. The normalized spacial score (nSPS) is 10.6. The van der Waals surface area contributed by atoms with Gasteiger partial charge in [-0.15, -0.1) is 0 Å². The zero-order valence-corrected chi connectivity index (χ0v) is 9.77. The molecule has 2 rings (SSSR count). The van der Waals surface area contributed by atoms with E-state index >= 15 is 0 Å². The summed E-state index contributed by atoms with van der Waals surface area (Å²) in [4.78, 5) is 4.40. The maximum absolute atomic E-state index is 4.40. The Morgan fingerprint density at radius 1 is 1.38 bits per heavy atom. The van der Waals surface area contributed by atoms with Crippen LogP contribution in [0.1, 0.15) is 12.5 Å². The summed E-state index contributed by atoms with van der Waals surface area (Å²) in [5, 5.41) is 3.16. The minimum Gasteiger partial charge on any atom is -0.331 e. The van der Waals surface area contributed by atoms with Gasteiger partial charge in [0.2, 0.25) is 0 Å². The lowest BCUT2D eigenvalue weighted by Crippen LogP contribution is -2.05. The van der Waals surface area contributed by atoms with Crippen LogP contribution in [-0.4, -0.2) is 16.6 Å². The van der Waals surface area contributed by atoms with Crippen LogP contribution in [0.3, 0.4) is 0 Å². The van der Waals surface area contributed by atoms with Crippen LogP contribution < -0.4 is 5.32 Å². The second-order valence-corrected chi connectivity index (χ2v) is 3.77. The molecule has 0 aliphatic carbocycles. The molecule has 2 aromatic rings. The first-order valence-corrected chi connectivity index (χ1v) is 5.60. The number of aryl methyl sites for hydroxylation is 1. The third-order valence-electron chi connectivity index (χ3n) is 2.62. The third-order valence-corrected chi connectivity index (χ3v) is 2.62. The zero-order chi connectivity index (χ0) is 11.4. The highest BCUT2D eigenvalue weighted by atomic mass is 15.1. The molecule has 0 saturated heterocycles. The van der Waals surface area contributed by atoms with Gasteiger partial charge in [0, 0.05) is 31.0 Å². The van der Waals surface area contributed by atoms with E-state index in [2.05, 4.69) is 46.1 Å². The van der Waals surface area contributed by atoms with Gasteiger partial charge in [-0.3, -0.25) is 0 Å². The molecule has 0 amide bonds. The van der Waals surface area contributed by atoms with Crippen molar-refractivity contribution in [3.05, 3.63) is 42.2 Å². The fourth-order valence-corrected chi connectivity index (χ4v) is 1.85. The van der Waals surface area contributed by atoms with Crippen molar-refractivity contribution in [1.82, 2.24) is 14.9 Å². The summed E-state index contributed by atoms with van der Waals surface area (Å²) in [6, 6.07) is 8.49. The Morgan fingerprint density at radius 3 is 3.00 bits per heavy atom. The first kappa shape index (κ1) is 10.9. The molecule has 0 radical (unpaired) electrons. The van der Waals surface area contributed by atoms with Gasteiger partial charge in [-0.1, -0.05) is 18.2 Å². The van der Waals surface area contributed by atoms with Crippen LogP contribution in [0.2, 0.25) is 0 Å². The summed E-state index contributed by atoms with van der Waals surface area (Å²) in [7, 11) is 1.96. The van der Waals surface area contributed by atoms with Gasteiger partial charge < -0.3 is 9.88 Å². The van der Waals surface area contributed by atoms with Gasteiger partial charge in [-0.2, -0.15) is 0 Å². The number of imidazole rings is 1. The Labute approximate surface area is 96.1 Å². The topological polar surface area (TPSA) is 29.9 Å². The second-order valence-electron chi connectivity index (χ2n) is 3.77. The largest absolute Gasteiger partial charge is 0.331 e. The molecule has 3 heteroatoms. The molecule has 0 unspecified atom stereocenters. The minimum atomic E-state index is 0.890. The molecule has 0 aliphatic heterocycles. The molecular weight excluding hydrogens is 198 g/mol. The van der Waals surface area contributed by atoms with Crippen molar-refractivity contribution in [3.63, 3.8) is 0 Å². The maximum Gasteiger partial charge on any atom is 0.139 e. The molecule has 1 aromatic carbocycles. The van der Waals surface area contributed by atoms with E-state index < -0.39 is 0 Å². The van der Waals surface area contributed by atoms with Crippen LogP contribution in [0.25, 0.3) is 11.4 Å². The number of aromatic nitrogens is 2. The molecule has 0 bridgehead atoms. The van der Waals surface area contributed by atoms with Gasteiger partial charge in [-0.05, 0) is 25.6 Å². The van der Waals surface area contributed by atoms with Crippen LogP contribution in [-0.2, 0) is 13.1 Å². The third kappa shape index (κ3) is 2.14. The maximum atomic E-state index is 4.40. The molecule has 0 spiro atoms. The molecular formula is C13H17N3. The summed E-state index contributed by atoms with van der Waals surface area (Å²) < 4.78 is 2.15. The number of nitrogens with one attached hydrogen (secondary N) is 1. The van der Waals surface area contributed by atoms with Crippen molar-refractivity contribution in [2.24, 2.45) is 0 Å². The molecule has 1 N–H and O–H groups in total. The van der Waals surface area contributed by atoms with E-state index in [0.717, 1.165) is 18.9 Å². The van der Waals surface area contributed by atoms with Gasteiger partial charge in [0.05, 0.1) is 0 Å². The van der Waals surface area contributed by atoms with E-state index in [4.69, 9.17) is 0 Å². The van der Waals surface area contributed by atoms with E-state index in [1.165, 1.54) is 11.1 Å².